The molecule has 1 amide bonds. The Morgan fingerprint density at radius 1 is 1.04 bits per heavy atom. The van der Waals surface area contributed by atoms with E-state index in [4.69, 9.17) is 0 Å². The third-order valence-corrected chi connectivity index (χ3v) is 4.65. The first-order valence-corrected chi connectivity index (χ1v) is 9.08. The Hall–Kier alpha value is -2.55. The lowest BCUT2D eigenvalue weighted by Crippen LogP contribution is -2.30. The normalized spacial score (nSPS) is 12.1. The van der Waals surface area contributed by atoms with Crippen molar-refractivity contribution >= 4 is 21.6 Å². The van der Waals surface area contributed by atoms with E-state index in [1.165, 1.54) is 24.3 Å². The van der Waals surface area contributed by atoms with Gasteiger partial charge in [-0.1, -0.05) is 12.1 Å². The molecule has 0 fully saturated rings. The molecule has 0 saturated heterocycles. The average molecular weight is 386 g/mol. The van der Waals surface area contributed by atoms with E-state index in [0.717, 1.165) is 18.2 Å². The predicted octanol–water partition coefficient (Wildman–Crippen LogP) is 3.64. The number of nitrogens with one attached hydrogen (secondary N) is 2. The molecule has 0 aliphatic rings. The summed E-state index contributed by atoms with van der Waals surface area (Å²) < 4.78 is 65.2. The first-order chi connectivity index (χ1) is 12.0. The molecule has 5 nitrogen and oxygen atoms in total. The second kappa shape index (κ2) is 7.36. The van der Waals surface area contributed by atoms with E-state index in [2.05, 4.69) is 10.0 Å². The van der Waals surface area contributed by atoms with E-state index in [-0.39, 0.29) is 22.2 Å². The summed E-state index contributed by atoms with van der Waals surface area (Å²) in [6, 6.07) is 8.97. The summed E-state index contributed by atoms with van der Waals surface area (Å²) in [4.78, 5) is 11.8. The molecule has 0 unspecified atom stereocenters. The molecule has 26 heavy (non-hydrogen) atoms. The van der Waals surface area contributed by atoms with Crippen LogP contribution in [0.3, 0.4) is 0 Å². The summed E-state index contributed by atoms with van der Waals surface area (Å²) in [7, 11) is -4.16. The molecule has 0 aliphatic carbocycles. The Morgan fingerprint density at radius 3 is 2.31 bits per heavy atom. The zero-order valence-corrected chi connectivity index (χ0v) is 14.8. The molecule has 0 saturated carbocycles. The van der Waals surface area contributed by atoms with Crippen LogP contribution in [-0.2, 0) is 16.2 Å². The fraction of sp³-hybridized carbons (Fsp3) is 0.235. The minimum absolute atomic E-state index is 0.130. The molecule has 0 atom stereocenters. The van der Waals surface area contributed by atoms with E-state index in [1.54, 1.807) is 13.8 Å². The maximum atomic E-state index is 12.7. The number of carbonyl (C=O) groups is 1. The molecule has 0 aliphatic heterocycles. The van der Waals surface area contributed by atoms with Crippen LogP contribution in [0.1, 0.15) is 29.8 Å². The first kappa shape index (κ1) is 19.8. The monoisotopic (exact) mass is 386 g/mol. The van der Waals surface area contributed by atoms with Gasteiger partial charge in [0.05, 0.1) is 10.5 Å². The van der Waals surface area contributed by atoms with Gasteiger partial charge in [0, 0.05) is 17.3 Å². The van der Waals surface area contributed by atoms with Crippen LogP contribution in [0.15, 0.2) is 53.4 Å². The van der Waals surface area contributed by atoms with Gasteiger partial charge in [-0.3, -0.25) is 9.52 Å². The van der Waals surface area contributed by atoms with Crippen molar-refractivity contribution in [2.75, 3.05) is 4.72 Å². The van der Waals surface area contributed by atoms with Gasteiger partial charge in [-0.05, 0) is 50.2 Å². The minimum atomic E-state index is -4.59. The summed E-state index contributed by atoms with van der Waals surface area (Å²) >= 11 is 0. The molecule has 2 N–H and O–H groups in total. The van der Waals surface area contributed by atoms with Gasteiger partial charge in [0.1, 0.15) is 0 Å². The Balaban J connectivity index is 2.30. The number of hydrogen-bond acceptors (Lipinski definition) is 3. The predicted molar refractivity (Wildman–Crippen MR) is 91.3 cm³/mol. The van der Waals surface area contributed by atoms with Crippen molar-refractivity contribution in [1.29, 1.82) is 0 Å². The number of anilines is 1. The van der Waals surface area contributed by atoms with E-state index in [9.17, 15) is 26.4 Å². The largest absolute Gasteiger partial charge is 0.416 e. The van der Waals surface area contributed by atoms with E-state index in [1.807, 2.05) is 0 Å². The molecular formula is C17H17F3N2O3S. The standard InChI is InChI=1S/C17H17F3N2O3S/c1-11(2)21-16(23)12-5-3-8-15(9-12)26(24,25)22-14-7-4-6-13(10-14)17(18,19)20/h3-11,22H,1-2H3,(H,21,23). The van der Waals surface area contributed by atoms with Gasteiger partial charge < -0.3 is 5.32 Å². The highest BCUT2D eigenvalue weighted by Gasteiger charge is 2.30. The third kappa shape index (κ3) is 4.98. The average Bonchev–Trinajstić information content (AvgIpc) is 2.53. The van der Waals surface area contributed by atoms with Crippen molar-refractivity contribution in [3.63, 3.8) is 0 Å². The molecule has 0 heterocycles. The lowest BCUT2D eigenvalue weighted by molar-refractivity contribution is -0.137. The first-order valence-electron chi connectivity index (χ1n) is 7.60. The van der Waals surface area contributed by atoms with Crippen LogP contribution in [0.25, 0.3) is 0 Å². The highest BCUT2D eigenvalue weighted by Crippen LogP contribution is 2.31. The van der Waals surface area contributed by atoms with Crippen molar-refractivity contribution < 1.29 is 26.4 Å². The smallest absolute Gasteiger partial charge is 0.350 e. The number of rotatable bonds is 5. The number of alkyl halides is 3. The van der Waals surface area contributed by atoms with Crippen molar-refractivity contribution in [2.24, 2.45) is 0 Å². The molecule has 0 bridgehead atoms. The molecule has 0 radical (unpaired) electrons. The Kier molecular flexibility index (Phi) is 5.60. The SMILES string of the molecule is CC(C)NC(=O)c1cccc(S(=O)(=O)Nc2cccc(C(F)(F)F)c2)c1. The number of carbonyl (C=O) groups excluding carboxylic acids is 1. The lowest BCUT2D eigenvalue weighted by Gasteiger charge is -2.12. The van der Waals surface area contributed by atoms with Crippen LogP contribution < -0.4 is 10.0 Å². The molecular weight excluding hydrogens is 369 g/mol. The van der Waals surface area contributed by atoms with Gasteiger partial charge in [0.2, 0.25) is 0 Å². The van der Waals surface area contributed by atoms with Crippen molar-refractivity contribution in [1.82, 2.24) is 5.32 Å². The number of halogens is 3. The maximum Gasteiger partial charge on any atom is 0.416 e. The number of hydrogen-bond donors (Lipinski definition) is 2. The topological polar surface area (TPSA) is 75.3 Å². The summed E-state index contributed by atoms with van der Waals surface area (Å²) in [6.45, 7) is 3.52. The van der Waals surface area contributed by atoms with Crippen LogP contribution >= 0.6 is 0 Å². The molecule has 0 aromatic heterocycles. The van der Waals surface area contributed by atoms with Crippen LogP contribution in [0.5, 0.6) is 0 Å². The lowest BCUT2D eigenvalue weighted by atomic mass is 10.2. The maximum absolute atomic E-state index is 12.7. The van der Waals surface area contributed by atoms with Gasteiger partial charge in [-0.2, -0.15) is 13.2 Å². The van der Waals surface area contributed by atoms with E-state index in [0.29, 0.717) is 6.07 Å². The Bertz CT molecular complexity index is 909. The minimum Gasteiger partial charge on any atom is -0.350 e. The third-order valence-electron chi connectivity index (χ3n) is 3.27. The number of benzene rings is 2. The van der Waals surface area contributed by atoms with Gasteiger partial charge >= 0.3 is 6.18 Å². The summed E-state index contributed by atoms with van der Waals surface area (Å²) in [5.41, 5.74) is -1.06. The molecule has 0 spiro atoms. The van der Waals surface area contributed by atoms with Crippen LogP contribution in [0, 0.1) is 0 Å². The number of amides is 1. The van der Waals surface area contributed by atoms with Crippen LogP contribution in [0.2, 0.25) is 0 Å². The molecule has 2 rings (SSSR count). The Labute approximate surface area is 149 Å². The second-order valence-electron chi connectivity index (χ2n) is 5.84. The zero-order valence-electron chi connectivity index (χ0n) is 14.0. The van der Waals surface area contributed by atoms with Crippen molar-refractivity contribution in [3.8, 4) is 0 Å². The van der Waals surface area contributed by atoms with Crippen LogP contribution in [-0.4, -0.2) is 20.4 Å². The van der Waals surface area contributed by atoms with Gasteiger partial charge in [0.15, 0.2) is 0 Å². The Morgan fingerprint density at radius 2 is 1.69 bits per heavy atom. The van der Waals surface area contributed by atoms with E-state index >= 15 is 0 Å². The summed E-state index contributed by atoms with van der Waals surface area (Å²) in [5.74, 6) is -0.448. The fourth-order valence-corrected chi connectivity index (χ4v) is 3.22. The highest BCUT2D eigenvalue weighted by molar-refractivity contribution is 7.92. The molecule has 140 valence electrons. The zero-order chi connectivity index (χ0) is 19.5. The fourth-order valence-electron chi connectivity index (χ4n) is 2.12. The quantitative estimate of drug-likeness (QED) is 0.824. The van der Waals surface area contributed by atoms with Crippen LogP contribution in [0.4, 0.5) is 18.9 Å². The second-order valence-corrected chi connectivity index (χ2v) is 7.52. The molecule has 2 aromatic carbocycles. The van der Waals surface area contributed by atoms with Gasteiger partial charge in [-0.25, -0.2) is 8.42 Å². The summed E-state index contributed by atoms with van der Waals surface area (Å²) in [5, 5.41) is 2.63. The molecule has 9 heteroatoms. The highest BCUT2D eigenvalue weighted by atomic mass is 32.2. The van der Waals surface area contributed by atoms with Crippen molar-refractivity contribution in [3.05, 3.63) is 59.7 Å². The summed E-state index contributed by atoms with van der Waals surface area (Å²) in [6.07, 6.45) is -4.59. The number of sulfonamides is 1. The van der Waals surface area contributed by atoms with Gasteiger partial charge in [-0.15, -0.1) is 0 Å². The van der Waals surface area contributed by atoms with E-state index < -0.39 is 27.7 Å². The molecule has 2 aromatic rings. The van der Waals surface area contributed by atoms with Gasteiger partial charge in [0.25, 0.3) is 15.9 Å². The van der Waals surface area contributed by atoms with Crippen molar-refractivity contribution in [2.45, 2.75) is 31.0 Å².